The molecule has 11 nitrogen and oxygen atoms in total. The van der Waals surface area contributed by atoms with Gasteiger partial charge in [0.15, 0.2) is 0 Å². The van der Waals surface area contributed by atoms with Gasteiger partial charge >= 0.3 is 0 Å². The fourth-order valence-corrected chi connectivity index (χ4v) is 2.19. The third-order valence-electron chi connectivity index (χ3n) is 3.71. The molecule has 0 aliphatic heterocycles. The summed E-state index contributed by atoms with van der Waals surface area (Å²) < 4.78 is 16.2. The summed E-state index contributed by atoms with van der Waals surface area (Å²) in [6, 6.07) is 0. The Morgan fingerprint density at radius 1 is 0.621 bits per heavy atom. The van der Waals surface area contributed by atoms with E-state index in [-0.39, 0.29) is 11.8 Å². The summed E-state index contributed by atoms with van der Waals surface area (Å²) in [5.41, 5.74) is 2.56. The molecule has 2 amide bonds. The van der Waals surface area contributed by atoms with E-state index in [0.717, 1.165) is 19.4 Å². The van der Waals surface area contributed by atoms with Crippen LogP contribution in [0.2, 0.25) is 0 Å². The number of nitrogens with one attached hydrogen (secondary N) is 3. The first-order chi connectivity index (χ1) is 14.2. The van der Waals surface area contributed by atoms with E-state index < -0.39 is 0 Å². The zero-order valence-corrected chi connectivity index (χ0v) is 17.4. The van der Waals surface area contributed by atoms with E-state index in [9.17, 15) is 9.59 Å². The molecule has 0 fully saturated rings. The lowest BCUT2D eigenvalue weighted by molar-refractivity contribution is -0.122. The smallest absolute Gasteiger partial charge is 0.220 e. The Labute approximate surface area is 173 Å². The van der Waals surface area contributed by atoms with Gasteiger partial charge in [0.25, 0.3) is 0 Å². The minimum atomic E-state index is -0.0686. The van der Waals surface area contributed by atoms with Crippen molar-refractivity contribution in [3.8, 4) is 0 Å². The maximum Gasteiger partial charge on any atom is 0.220 e. The zero-order chi connectivity index (χ0) is 21.4. The van der Waals surface area contributed by atoms with Crippen molar-refractivity contribution >= 4 is 11.8 Å². The molecule has 0 rings (SSSR count). The Morgan fingerprint density at radius 2 is 1.07 bits per heavy atom. The van der Waals surface area contributed by atoms with Crippen molar-refractivity contribution in [3.05, 3.63) is 0 Å². The van der Waals surface area contributed by atoms with Crippen molar-refractivity contribution in [1.29, 1.82) is 0 Å². The Kier molecular flexibility index (Phi) is 21.9. The highest BCUT2D eigenvalue weighted by atomic mass is 16.6. The van der Waals surface area contributed by atoms with Crippen LogP contribution < -0.4 is 27.8 Å². The molecular weight excluding hydrogens is 382 g/mol. The lowest BCUT2D eigenvalue weighted by Gasteiger charge is -2.08. The van der Waals surface area contributed by atoms with Crippen molar-refractivity contribution in [1.82, 2.24) is 16.1 Å². The molecule has 0 unspecified atom stereocenters. The molecule has 0 spiro atoms. The van der Waals surface area contributed by atoms with E-state index in [1.54, 1.807) is 0 Å². The molecule has 0 aliphatic carbocycles. The second-order valence-corrected chi connectivity index (χ2v) is 6.28. The summed E-state index contributed by atoms with van der Waals surface area (Å²) in [5.74, 6) is 9.92. The van der Waals surface area contributed by atoms with E-state index >= 15 is 0 Å². The van der Waals surface area contributed by atoms with Crippen LogP contribution in [0.15, 0.2) is 0 Å². The number of nitrogens with two attached hydrogens (primary N) is 2. The van der Waals surface area contributed by atoms with Gasteiger partial charge < -0.3 is 29.7 Å². The predicted octanol–water partition coefficient (Wildman–Crippen LogP) is -1.04. The van der Waals surface area contributed by atoms with E-state index in [4.69, 9.17) is 26.0 Å². The topological polar surface area (TPSA) is 159 Å². The van der Waals surface area contributed by atoms with Gasteiger partial charge in [-0.05, 0) is 25.7 Å². The van der Waals surface area contributed by atoms with Crippen LogP contribution >= 0.6 is 0 Å². The largest absolute Gasteiger partial charge is 0.379 e. The van der Waals surface area contributed by atoms with Crippen LogP contribution in [0.5, 0.6) is 0 Å². The van der Waals surface area contributed by atoms with Crippen LogP contribution in [0.1, 0.15) is 38.5 Å². The molecule has 172 valence electrons. The quantitative estimate of drug-likeness (QED) is 0.0836. The average molecular weight is 422 g/mol. The van der Waals surface area contributed by atoms with E-state index in [1.807, 2.05) is 0 Å². The summed E-state index contributed by atoms with van der Waals surface area (Å²) in [6.45, 7) is 5.55. The number of hydrogen-bond acceptors (Lipinski definition) is 9. The summed E-state index contributed by atoms with van der Waals surface area (Å²) in [6.07, 6.45) is 3.45. The van der Waals surface area contributed by atoms with Gasteiger partial charge in [0.2, 0.25) is 11.8 Å². The standard InChI is InChI=1S/C18H39N5O6/c19-23-9-4-11-27-14-16-28-15-13-26-10-2-7-21-17(24)5-1-6-18(25)22-8-3-12-29-20/h23H,1-16,19-20H2,(H,21,24)(H,22,25). The van der Waals surface area contributed by atoms with Gasteiger partial charge in [-0.2, -0.15) is 0 Å². The molecule has 11 heteroatoms. The Morgan fingerprint density at radius 3 is 1.55 bits per heavy atom. The van der Waals surface area contributed by atoms with Crippen molar-refractivity contribution in [2.45, 2.75) is 38.5 Å². The highest BCUT2D eigenvalue weighted by molar-refractivity contribution is 5.78. The van der Waals surface area contributed by atoms with Crippen molar-refractivity contribution in [3.63, 3.8) is 0 Å². The van der Waals surface area contributed by atoms with Crippen LogP contribution in [0.25, 0.3) is 0 Å². The van der Waals surface area contributed by atoms with Crippen molar-refractivity contribution in [2.75, 3.05) is 65.9 Å². The lowest BCUT2D eigenvalue weighted by Crippen LogP contribution is -2.27. The van der Waals surface area contributed by atoms with Gasteiger partial charge in [-0.3, -0.25) is 20.9 Å². The number of ether oxygens (including phenoxy) is 3. The molecule has 0 bridgehead atoms. The normalized spacial score (nSPS) is 10.8. The molecule has 29 heavy (non-hydrogen) atoms. The Hall–Kier alpha value is -1.34. The first kappa shape index (κ1) is 27.7. The highest BCUT2D eigenvalue weighted by Gasteiger charge is 2.04. The average Bonchev–Trinajstić information content (AvgIpc) is 2.71. The van der Waals surface area contributed by atoms with Gasteiger partial charge in [0.05, 0.1) is 33.0 Å². The third-order valence-corrected chi connectivity index (χ3v) is 3.71. The van der Waals surface area contributed by atoms with Crippen molar-refractivity contribution < 1.29 is 28.6 Å². The van der Waals surface area contributed by atoms with Gasteiger partial charge in [0, 0.05) is 45.7 Å². The molecule has 0 atom stereocenters. The summed E-state index contributed by atoms with van der Waals surface area (Å²) in [7, 11) is 0. The minimum absolute atomic E-state index is 0.0556. The molecule has 0 saturated heterocycles. The lowest BCUT2D eigenvalue weighted by atomic mass is 10.2. The number of rotatable bonds is 22. The number of carbonyl (C=O) groups excluding carboxylic acids is 2. The predicted molar refractivity (Wildman–Crippen MR) is 109 cm³/mol. The Balaban J connectivity index is 3.24. The third kappa shape index (κ3) is 22.8. The minimum Gasteiger partial charge on any atom is -0.379 e. The molecule has 0 aromatic rings. The number of amides is 2. The second kappa shape index (κ2) is 22.9. The van der Waals surface area contributed by atoms with Gasteiger partial charge in [-0.1, -0.05) is 0 Å². The second-order valence-electron chi connectivity index (χ2n) is 6.28. The van der Waals surface area contributed by atoms with E-state index in [2.05, 4.69) is 20.9 Å². The maximum absolute atomic E-state index is 11.7. The summed E-state index contributed by atoms with van der Waals surface area (Å²) in [5, 5.41) is 5.56. The number of carbonyl (C=O) groups is 2. The molecule has 0 aromatic carbocycles. The van der Waals surface area contributed by atoms with Crippen LogP contribution in [0.4, 0.5) is 0 Å². The molecule has 0 aromatic heterocycles. The zero-order valence-electron chi connectivity index (χ0n) is 17.4. The number of hydrazine groups is 1. The van der Waals surface area contributed by atoms with Gasteiger partial charge in [-0.15, -0.1) is 0 Å². The number of hydrogen-bond donors (Lipinski definition) is 5. The summed E-state index contributed by atoms with van der Waals surface area (Å²) in [4.78, 5) is 27.6. The first-order valence-electron chi connectivity index (χ1n) is 10.2. The van der Waals surface area contributed by atoms with Crippen LogP contribution in [-0.2, 0) is 28.6 Å². The van der Waals surface area contributed by atoms with Crippen LogP contribution in [0.3, 0.4) is 0 Å². The Bertz CT molecular complexity index is 390. The molecule has 0 aliphatic rings. The van der Waals surface area contributed by atoms with Crippen molar-refractivity contribution in [2.24, 2.45) is 11.7 Å². The van der Waals surface area contributed by atoms with Gasteiger partial charge in [0.1, 0.15) is 0 Å². The molecule has 0 heterocycles. The maximum atomic E-state index is 11.7. The summed E-state index contributed by atoms with van der Waals surface area (Å²) >= 11 is 0. The monoisotopic (exact) mass is 421 g/mol. The molecular formula is C18H39N5O6. The molecule has 7 N–H and O–H groups in total. The fourth-order valence-electron chi connectivity index (χ4n) is 2.19. The van der Waals surface area contributed by atoms with Gasteiger partial charge in [-0.25, -0.2) is 5.90 Å². The SMILES string of the molecule is NNCCCOCCOCCOCCCNC(=O)CCCC(=O)NCCCON. The van der Waals surface area contributed by atoms with E-state index in [0.29, 0.717) is 85.0 Å². The fraction of sp³-hybridized carbons (Fsp3) is 0.889. The van der Waals surface area contributed by atoms with E-state index in [1.165, 1.54) is 0 Å². The van der Waals surface area contributed by atoms with Crippen LogP contribution in [0, 0.1) is 0 Å². The molecule has 0 radical (unpaired) electrons. The first-order valence-corrected chi connectivity index (χ1v) is 10.2. The highest BCUT2D eigenvalue weighted by Crippen LogP contribution is 1.96. The molecule has 0 saturated carbocycles. The van der Waals surface area contributed by atoms with Crippen LogP contribution in [-0.4, -0.2) is 77.7 Å².